The highest BCUT2D eigenvalue weighted by Gasteiger charge is 2.34. The Kier molecular flexibility index (Phi) is 9.47. The van der Waals surface area contributed by atoms with Crippen LogP contribution < -0.4 is 15.0 Å². The standard InChI is InChI=1S/C28H29Cl2N3O5/c29-23-10-9-20(16-24(23)30)18-38-22-8-4-5-19(15-22)17-31-27(36)25(34)26(35)28(37)33-13-11-32(12-14-33)21-6-2-1-3-7-21/h1-10,15-16,25-26,34-35H,11-14,17-18H2,(H,31,36)/t25-,26-/m1/s1. The molecule has 2 atom stereocenters. The number of nitrogens with one attached hydrogen (secondary N) is 1. The van der Waals surface area contributed by atoms with Gasteiger partial charge in [0.15, 0.2) is 12.2 Å². The van der Waals surface area contributed by atoms with Gasteiger partial charge in [0.1, 0.15) is 12.4 Å². The topological polar surface area (TPSA) is 102 Å². The van der Waals surface area contributed by atoms with Gasteiger partial charge in [-0.2, -0.15) is 0 Å². The summed E-state index contributed by atoms with van der Waals surface area (Å²) >= 11 is 12.0. The average molecular weight is 558 g/mol. The number of carbonyl (C=O) groups excluding carboxylic acids is 2. The molecule has 0 aromatic heterocycles. The van der Waals surface area contributed by atoms with Crippen LogP contribution in [0.4, 0.5) is 5.69 Å². The van der Waals surface area contributed by atoms with E-state index in [1.807, 2.05) is 36.4 Å². The number of nitrogens with zero attached hydrogens (tertiary/aromatic N) is 2. The summed E-state index contributed by atoms with van der Waals surface area (Å²) in [5, 5.41) is 24.2. The summed E-state index contributed by atoms with van der Waals surface area (Å²) in [7, 11) is 0. The summed E-state index contributed by atoms with van der Waals surface area (Å²) in [5.41, 5.74) is 2.62. The van der Waals surface area contributed by atoms with Crippen LogP contribution in [0.25, 0.3) is 0 Å². The zero-order valence-corrected chi connectivity index (χ0v) is 22.1. The average Bonchev–Trinajstić information content (AvgIpc) is 2.96. The zero-order valence-electron chi connectivity index (χ0n) is 20.6. The second-order valence-corrected chi connectivity index (χ2v) is 9.75. The summed E-state index contributed by atoms with van der Waals surface area (Å²) in [4.78, 5) is 28.8. The number of piperazine rings is 1. The van der Waals surface area contributed by atoms with Gasteiger partial charge in [0, 0.05) is 38.4 Å². The van der Waals surface area contributed by atoms with Crippen LogP contribution in [0, 0.1) is 0 Å². The van der Waals surface area contributed by atoms with Gasteiger partial charge < -0.3 is 30.1 Å². The minimum atomic E-state index is -1.89. The minimum absolute atomic E-state index is 0.0799. The van der Waals surface area contributed by atoms with Crippen molar-refractivity contribution < 1.29 is 24.5 Å². The molecule has 38 heavy (non-hydrogen) atoms. The summed E-state index contributed by atoms with van der Waals surface area (Å²) in [6, 6.07) is 22.2. The molecule has 0 saturated carbocycles. The Morgan fingerprint density at radius 1 is 0.842 bits per heavy atom. The van der Waals surface area contributed by atoms with E-state index in [-0.39, 0.29) is 13.2 Å². The number of ether oxygens (including phenoxy) is 1. The Hall–Kier alpha value is -3.30. The van der Waals surface area contributed by atoms with E-state index in [0.717, 1.165) is 16.8 Å². The molecule has 0 aliphatic carbocycles. The fourth-order valence-corrected chi connectivity index (χ4v) is 4.45. The maximum Gasteiger partial charge on any atom is 0.254 e. The van der Waals surface area contributed by atoms with Crippen molar-refractivity contribution in [1.82, 2.24) is 10.2 Å². The molecule has 0 spiro atoms. The normalized spacial score (nSPS) is 15.1. The fraction of sp³-hybridized carbons (Fsp3) is 0.286. The monoisotopic (exact) mass is 557 g/mol. The molecule has 1 aliphatic heterocycles. The second kappa shape index (κ2) is 13.0. The largest absolute Gasteiger partial charge is 0.489 e. The molecule has 200 valence electrons. The molecule has 1 fully saturated rings. The smallest absolute Gasteiger partial charge is 0.254 e. The number of aliphatic hydroxyl groups excluding tert-OH is 2. The Bertz CT molecular complexity index is 1250. The molecule has 4 rings (SSSR count). The van der Waals surface area contributed by atoms with Gasteiger partial charge in [-0.1, -0.05) is 59.6 Å². The number of para-hydroxylation sites is 1. The van der Waals surface area contributed by atoms with E-state index in [1.165, 1.54) is 4.90 Å². The minimum Gasteiger partial charge on any atom is -0.489 e. The molecule has 0 radical (unpaired) electrons. The zero-order chi connectivity index (χ0) is 27.1. The van der Waals surface area contributed by atoms with Gasteiger partial charge in [0.25, 0.3) is 11.8 Å². The summed E-state index contributed by atoms with van der Waals surface area (Å²) < 4.78 is 5.80. The lowest BCUT2D eigenvalue weighted by Crippen LogP contribution is -2.55. The van der Waals surface area contributed by atoms with Crippen LogP contribution in [-0.2, 0) is 22.7 Å². The summed E-state index contributed by atoms with van der Waals surface area (Å²) in [6.45, 7) is 2.31. The van der Waals surface area contributed by atoms with Crippen LogP contribution >= 0.6 is 23.2 Å². The number of benzene rings is 3. The van der Waals surface area contributed by atoms with Crippen molar-refractivity contribution in [1.29, 1.82) is 0 Å². The maximum atomic E-state index is 12.7. The lowest BCUT2D eigenvalue weighted by atomic mass is 10.1. The molecule has 2 amide bonds. The van der Waals surface area contributed by atoms with Crippen molar-refractivity contribution in [3.63, 3.8) is 0 Å². The molecule has 0 bridgehead atoms. The third-order valence-corrected chi connectivity index (χ3v) is 7.03. The Morgan fingerprint density at radius 2 is 1.58 bits per heavy atom. The molecule has 10 heteroatoms. The molecule has 1 heterocycles. The number of carbonyl (C=O) groups is 2. The van der Waals surface area contributed by atoms with Crippen molar-refractivity contribution in [3.05, 3.63) is 94.0 Å². The Labute approximate surface area is 231 Å². The van der Waals surface area contributed by atoms with Crippen molar-refractivity contribution in [2.75, 3.05) is 31.1 Å². The van der Waals surface area contributed by atoms with E-state index < -0.39 is 24.0 Å². The number of hydrogen-bond donors (Lipinski definition) is 3. The van der Waals surface area contributed by atoms with E-state index in [4.69, 9.17) is 27.9 Å². The van der Waals surface area contributed by atoms with Crippen molar-refractivity contribution >= 4 is 40.7 Å². The first-order valence-electron chi connectivity index (χ1n) is 12.2. The molecule has 1 saturated heterocycles. The lowest BCUT2D eigenvalue weighted by Gasteiger charge is -2.37. The van der Waals surface area contributed by atoms with Crippen molar-refractivity contribution in [2.45, 2.75) is 25.4 Å². The number of halogens is 2. The van der Waals surface area contributed by atoms with Crippen LogP contribution in [0.5, 0.6) is 5.75 Å². The van der Waals surface area contributed by atoms with E-state index in [9.17, 15) is 19.8 Å². The highest BCUT2D eigenvalue weighted by Crippen LogP contribution is 2.24. The van der Waals surface area contributed by atoms with E-state index in [0.29, 0.717) is 42.0 Å². The van der Waals surface area contributed by atoms with E-state index in [2.05, 4.69) is 10.2 Å². The van der Waals surface area contributed by atoms with E-state index in [1.54, 1.807) is 36.4 Å². The first-order valence-corrected chi connectivity index (χ1v) is 13.0. The van der Waals surface area contributed by atoms with Crippen molar-refractivity contribution in [3.8, 4) is 5.75 Å². The quantitative estimate of drug-likeness (QED) is 0.373. The summed E-state index contributed by atoms with van der Waals surface area (Å²) in [6.07, 6.45) is -3.73. The van der Waals surface area contributed by atoms with Crippen LogP contribution in [0.2, 0.25) is 10.0 Å². The van der Waals surface area contributed by atoms with Gasteiger partial charge in [-0.15, -0.1) is 0 Å². The van der Waals surface area contributed by atoms with Gasteiger partial charge in [-0.3, -0.25) is 9.59 Å². The molecular formula is C28H29Cl2N3O5. The van der Waals surface area contributed by atoms with Gasteiger partial charge >= 0.3 is 0 Å². The molecule has 1 aliphatic rings. The molecule has 3 N–H and O–H groups in total. The van der Waals surface area contributed by atoms with Gasteiger partial charge in [0.05, 0.1) is 10.0 Å². The number of hydrogen-bond acceptors (Lipinski definition) is 6. The first kappa shape index (κ1) is 27.7. The molecular weight excluding hydrogens is 529 g/mol. The molecule has 3 aromatic carbocycles. The van der Waals surface area contributed by atoms with Gasteiger partial charge in [0.2, 0.25) is 0 Å². The number of aliphatic hydroxyl groups is 2. The third-order valence-electron chi connectivity index (χ3n) is 6.29. The van der Waals surface area contributed by atoms with Crippen LogP contribution in [-0.4, -0.2) is 65.3 Å². The predicted octanol–water partition coefficient (Wildman–Crippen LogP) is 3.26. The highest BCUT2D eigenvalue weighted by atomic mass is 35.5. The van der Waals surface area contributed by atoms with Gasteiger partial charge in [-0.05, 0) is 47.5 Å². The second-order valence-electron chi connectivity index (χ2n) is 8.94. The van der Waals surface area contributed by atoms with Crippen LogP contribution in [0.3, 0.4) is 0 Å². The highest BCUT2D eigenvalue weighted by molar-refractivity contribution is 6.42. The summed E-state index contributed by atoms with van der Waals surface area (Å²) in [5.74, 6) is -0.929. The van der Waals surface area contributed by atoms with Gasteiger partial charge in [-0.25, -0.2) is 0 Å². The molecule has 0 unspecified atom stereocenters. The molecule has 3 aromatic rings. The Morgan fingerprint density at radius 3 is 2.29 bits per heavy atom. The number of amides is 2. The SMILES string of the molecule is O=C(NCc1cccc(OCc2ccc(Cl)c(Cl)c2)c1)[C@H](O)[C@@H](O)C(=O)N1CCN(c2ccccc2)CC1. The van der Waals surface area contributed by atoms with Crippen molar-refractivity contribution in [2.24, 2.45) is 0 Å². The fourth-order valence-electron chi connectivity index (χ4n) is 4.12. The third kappa shape index (κ3) is 7.17. The number of anilines is 1. The molecule has 8 nitrogen and oxygen atoms in total. The van der Waals surface area contributed by atoms with E-state index >= 15 is 0 Å². The first-order chi connectivity index (χ1) is 18.3. The maximum absolute atomic E-state index is 12.7. The Balaban J connectivity index is 1.24. The van der Waals surface area contributed by atoms with Crippen LogP contribution in [0.15, 0.2) is 72.8 Å². The number of rotatable bonds is 9. The van der Waals surface area contributed by atoms with Crippen LogP contribution in [0.1, 0.15) is 11.1 Å². The predicted molar refractivity (Wildman–Crippen MR) is 146 cm³/mol. The lowest BCUT2D eigenvalue weighted by molar-refractivity contribution is -0.153.